The first kappa shape index (κ1) is 40.8. The minimum atomic E-state index is -3.78. The van der Waals surface area contributed by atoms with Gasteiger partial charge in [0.15, 0.2) is 0 Å². The third-order valence-electron chi connectivity index (χ3n) is 10.4. The van der Waals surface area contributed by atoms with E-state index < -0.39 is 40.0 Å². The molecular formula is C45H49N5O6S. The number of nitrogens with zero attached hydrogens (tertiary/aromatic N) is 2. The molecule has 0 aromatic heterocycles. The van der Waals surface area contributed by atoms with Crippen molar-refractivity contribution < 1.29 is 27.9 Å². The summed E-state index contributed by atoms with van der Waals surface area (Å²) in [6, 6.07) is 39.9. The summed E-state index contributed by atoms with van der Waals surface area (Å²) in [6.45, 7) is 2.57. The zero-order valence-corrected chi connectivity index (χ0v) is 33.1. The SMILES string of the molecule is C[C@@H](NC(=O)c1cc(C(=O)N[C@@H](Cc2ccccc2)[C@H](O)[C@@H]2NC[C@@H](Cc3ccccc3)N(Cc3ccccc3)C2=O)cc(N(C)S(C)(=O)=O)c1)c1ccccc1. The van der Waals surface area contributed by atoms with E-state index in [1.54, 1.807) is 4.90 Å². The predicted octanol–water partition coefficient (Wildman–Crippen LogP) is 4.89. The van der Waals surface area contributed by atoms with Gasteiger partial charge in [-0.2, -0.15) is 0 Å². The Kier molecular flexibility index (Phi) is 13.2. The molecule has 0 bridgehead atoms. The van der Waals surface area contributed by atoms with Crippen LogP contribution in [0.15, 0.2) is 140 Å². The molecule has 0 spiro atoms. The Morgan fingerprint density at radius 3 is 1.86 bits per heavy atom. The maximum Gasteiger partial charge on any atom is 0.251 e. The van der Waals surface area contributed by atoms with Crippen molar-refractivity contribution in [3.05, 3.63) is 173 Å². The highest BCUT2D eigenvalue weighted by Crippen LogP contribution is 2.24. The van der Waals surface area contributed by atoms with Crippen LogP contribution in [0.1, 0.15) is 55.9 Å². The van der Waals surface area contributed by atoms with Crippen molar-refractivity contribution >= 4 is 33.4 Å². The number of amides is 3. The number of nitrogens with one attached hydrogen (secondary N) is 3. The van der Waals surface area contributed by atoms with E-state index in [4.69, 9.17) is 0 Å². The number of aliphatic hydroxyl groups excluding tert-OH is 1. The second-order valence-electron chi connectivity index (χ2n) is 14.5. The first-order valence-corrected chi connectivity index (χ1v) is 20.8. The molecule has 1 heterocycles. The molecule has 1 fully saturated rings. The highest BCUT2D eigenvalue weighted by atomic mass is 32.2. The van der Waals surface area contributed by atoms with Crippen LogP contribution in [0.2, 0.25) is 0 Å². The summed E-state index contributed by atoms with van der Waals surface area (Å²) in [4.78, 5) is 44.2. The third-order valence-corrected chi connectivity index (χ3v) is 11.6. The van der Waals surface area contributed by atoms with E-state index in [1.165, 1.54) is 25.2 Å². The summed E-state index contributed by atoms with van der Waals surface area (Å²) < 4.78 is 26.3. The van der Waals surface area contributed by atoms with Gasteiger partial charge in [-0.05, 0) is 60.2 Å². The lowest BCUT2D eigenvalue weighted by Gasteiger charge is -2.43. The molecule has 4 N–H and O–H groups in total. The number of piperazine rings is 1. The normalized spacial score (nSPS) is 17.3. The number of anilines is 1. The molecule has 5 aromatic carbocycles. The highest BCUT2D eigenvalue weighted by Gasteiger charge is 2.42. The third kappa shape index (κ3) is 10.5. The van der Waals surface area contributed by atoms with Gasteiger partial charge >= 0.3 is 0 Å². The summed E-state index contributed by atoms with van der Waals surface area (Å²) in [5, 5.41) is 21.3. The molecule has 11 nitrogen and oxygen atoms in total. The summed E-state index contributed by atoms with van der Waals surface area (Å²) in [5.74, 6) is -1.46. The fraction of sp³-hybridized carbons (Fsp3) is 0.267. The van der Waals surface area contributed by atoms with E-state index in [9.17, 15) is 27.9 Å². The first-order valence-electron chi connectivity index (χ1n) is 19.0. The van der Waals surface area contributed by atoms with Crippen molar-refractivity contribution in [3.8, 4) is 0 Å². The standard InChI is InChI=1S/C45H49N5O6S/c1-31(35-22-14-7-15-23-35)47-43(52)36-26-37(28-38(27-36)49(2)57(3,55)56)44(53)48-40(25-33-18-10-5-11-19-33)42(51)41-45(54)50(30-34-20-12-6-13-21-34)39(29-46-41)24-32-16-8-4-9-17-32/h4-23,26-28,31,39-42,46,51H,24-25,29-30H2,1-3H3,(H,47,52)(H,48,53)/t31-,39-,40+,41+,42+/m1/s1. The molecule has 6 rings (SSSR count). The fourth-order valence-electron chi connectivity index (χ4n) is 7.10. The van der Waals surface area contributed by atoms with Crippen LogP contribution in [-0.2, 0) is 34.2 Å². The van der Waals surface area contributed by atoms with Crippen molar-refractivity contribution in [2.75, 3.05) is 24.2 Å². The van der Waals surface area contributed by atoms with Gasteiger partial charge in [0.1, 0.15) is 6.04 Å². The predicted molar refractivity (Wildman–Crippen MR) is 222 cm³/mol. The molecule has 1 aliphatic rings. The Bertz CT molecular complexity index is 2240. The lowest BCUT2D eigenvalue weighted by atomic mass is 9.91. The lowest BCUT2D eigenvalue weighted by Crippen LogP contribution is -2.67. The van der Waals surface area contributed by atoms with Gasteiger partial charge in [-0.15, -0.1) is 0 Å². The largest absolute Gasteiger partial charge is 0.389 e. The van der Waals surface area contributed by atoms with Gasteiger partial charge in [-0.1, -0.05) is 121 Å². The molecule has 5 aromatic rings. The molecular weight excluding hydrogens is 739 g/mol. The van der Waals surface area contributed by atoms with Crippen LogP contribution in [0.5, 0.6) is 0 Å². The van der Waals surface area contributed by atoms with Crippen molar-refractivity contribution in [2.24, 2.45) is 0 Å². The van der Waals surface area contributed by atoms with E-state index in [2.05, 4.69) is 16.0 Å². The molecule has 0 aliphatic carbocycles. The maximum absolute atomic E-state index is 14.5. The molecule has 5 atom stereocenters. The second-order valence-corrected chi connectivity index (χ2v) is 16.6. The number of carbonyl (C=O) groups excluding carboxylic acids is 3. The molecule has 296 valence electrons. The Morgan fingerprint density at radius 1 is 0.789 bits per heavy atom. The number of sulfonamides is 1. The summed E-state index contributed by atoms with van der Waals surface area (Å²) in [6.07, 6.45) is 0.436. The van der Waals surface area contributed by atoms with Gasteiger partial charge in [-0.25, -0.2) is 8.42 Å². The number of hydrogen-bond donors (Lipinski definition) is 4. The van der Waals surface area contributed by atoms with E-state index in [0.29, 0.717) is 19.5 Å². The number of rotatable bonds is 15. The second kappa shape index (κ2) is 18.4. The number of aliphatic hydroxyl groups is 1. The van der Waals surface area contributed by atoms with Crippen molar-refractivity contribution in [1.82, 2.24) is 20.9 Å². The van der Waals surface area contributed by atoms with Crippen LogP contribution >= 0.6 is 0 Å². The average molecular weight is 788 g/mol. The molecule has 1 saturated heterocycles. The molecule has 1 aliphatic heterocycles. The molecule has 3 amide bonds. The summed E-state index contributed by atoms with van der Waals surface area (Å²) in [5.41, 5.74) is 3.88. The first-order chi connectivity index (χ1) is 27.4. The Labute approximate surface area is 334 Å². The topological polar surface area (TPSA) is 148 Å². The quantitative estimate of drug-likeness (QED) is 0.118. The molecule has 57 heavy (non-hydrogen) atoms. The van der Waals surface area contributed by atoms with Gasteiger partial charge in [0.2, 0.25) is 15.9 Å². The molecule has 0 saturated carbocycles. The van der Waals surface area contributed by atoms with Gasteiger partial charge in [0, 0.05) is 37.3 Å². The van der Waals surface area contributed by atoms with Crippen LogP contribution in [0.25, 0.3) is 0 Å². The highest BCUT2D eigenvalue weighted by molar-refractivity contribution is 7.92. The maximum atomic E-state index is 14.5. The average Bonchev–Trinajstić information content (AvgIpc) is 3.22. The zero-order valence-electron chi connectivity index (χ0n) is 32.3. The number of hydrogen-bond acceptors (Lipinski definition) is 7. The van der Waals surface area contributed by atoms with Crippen LogP contribution in [-0.4, -0.2) is 80.2 Å². The van der Waals surface area contributed by atoms with Crippen molar-refractivity contribution in [2.45, 2.75) is 56.6 Å². The fourth-order valence-corrected chi connectivity index (χ4v) is 7.59. The van der Waals surface area contributed by atoms with Gasteiger partial charge < -0.3 is 26.0 Å². The Hall–Kier alpha value is -5.82. The smallest absolute Gasteiger partial charge is 0.251 e. The molecule has 0 radical (unpaired) electrons. The molecule has 0 unspecified atom stereocenters. The van der Waals surface area contributed by atoms with E-state index >= 15 is 0 Å². The molecule has 12 heteroatoms. The monoisotopic (exact) mass is 787 g/mol. The van der Waals surface area contributed by atoms with Crippen LogP contribution in [0.4, 0.5) is 5.69 Å². The van der Waals surface area contributed by atoms with Gasteiger partial charge in [0.25, 0.3) is 11.8 Å². The summed E-state index contributed by atoms with van der Waals surface area (Å²) in [7, 11) is -2.44. The van der Waals surface area contributed by atoms with Gasteiger partial charge in [0.05, 0.1) is 30.1 Å². The van der Waals surface area contributed by atoms with Crippen molar-refractivity contribution in [1.29, 1.82) is 0 Å². The van der Waals surface area contributed by atoms with Crippen molar-refractivity contribution in [3.63, 3.8) is 0 Å². The van der Waals surface area contributed by atoms with E-state index in [1.807, 2.05) is 128 Å². The van der Waals surface area contributed by atoms with Crippen LogP contribution in [0, 0.1) is 0 Å². The minimum absolute atomic E-state index is 0.00216. The zero-order chi connectivity index (χ0) is 40.5. The Morgan fingerprint density at radius 2 is 1.30 bits per heavy atom. The summed E-state index contributed by atoms with van der Waals surface area (Å²) >= 11 is 0. The van der Waals surface area contributed by atoms with Crippen LogP contribution in [0.3, 0.4) is 0 Å². The minimum Gasteiger partial charge on any atom is -0.389 e. The lowest BCUT2D eigenvalue weighted by molar-refractivity contribution is -0.143. The number of carbonyl (C=O) groups is 3. The Balaban J connectivity index is 1.30. The van der Waals surface area contributed by atoms with Gasteiger partial charge in [-0.3, -0.25) is 18.7 Å². The van der Waals surface area contributed by atoms with E-state index in [-0.39, 0.29) is 41.2 Å². The van der Waals surface area contributed by atoms with E-state index in [0.717, 1.165) is 32.8 Å². The number of benzene rings is 5. The van der Waals surface area contributed by atoms with Crippen LogP contribution < -0.4 is 20.3 Å².